The van der Waals surface area contributed by atoms with E-state index < -0.39 is 73.3 Å². The summed E-state index contributed by atoms with van der Waals surface area (Å²) in [7, 11) is -4.06. The van der Waals surface area contributed by atoms with Gasteiger partial charge in [0.05, 0.1) is 28.4 Å². The van der Waals surface area contributed by atoms with Crippen LogP contribution in [-0.2, 0) is 35.6 Å². The third-order valence-electron chi connectivity index (χ3n) is 12.5. The largest absolute Gasteiger partial charge is 0.483 e. The Kier molecular flexibility index (Phi) is 9.65. The predicted octanol–water partition coefficient (Wildman–Crippen LogP) is 4.99. The zero-order chi connectivity index (χ0) is 40.5. The van der Waals surface area contributed by atoms with E-state index >= 15 is 0 Å². The van der Waals surface area contributed by atoms with Gasteiger partial charge >= 0.3 is 6.09 Å². The molecule has 0 bridgehead atoms. The normalized spacial score (nSPS) is 30.1. The van der Waals surface area contributed by atoms with Crippen molar-refractivity contribution in [2.45, 2.75) is 151 Å². The van der Waals surface area contributed by atoms with Gasteiger partial charge in [-0.25, -0.2) is 22.9 Å². The standard InChI is InChI=1S/C43H53N5O8S/c1-26-35-30(31-23-28(27-13-14-27)15-16-32(31)44-26)18-19-42(55-35)24-34-36(49)46-43(38(51)47-57(53,54)41(5)21-22-41)20-17-29(43)11-9-7-6-8-10-12-33(37(50)48(34)25-42)45-39(52)56-40(2,3)4/h9,11,15-16,23,27,29,33-34H,6-8,10,12-14,18-19,21-22,24-25H2,1-5H3,(H,45,52)(H,46,49)(H,47,51)/b11-9-/t29-,33+,34+,42-,43-/m1/s1. The minimum Gasteiger partial charge on any atom is -0.483 e. The van der Waals surface area contributed by atoms with Crippen LogP contribution in [0.15, 0.2) is 30.4 Å². The first-order valence-corrected chi connectivity index (χ1v) is 21.9. The zero-order valence-electron chi connectivity index (χ0n) is 33.5. The topological polar surface area (TPSA) is 173 Å². The lowest BCUT2D eigenvalue weighted by Crippen LogP contribution is -2.68. The van der Waals surface area contributed by atoms with Crippen molar-refractivity contribution in [3.63, 3.8) is 0 Å². The number of carbonyl (C=O) groups excluding carboxylic acids is 4. The predicted molar refractivity (Wildman–Crippen MR) is 212 cm³/mol. The third kappa shape index (κ3) is 7.48. The number of nitrogens with one attached hydrogen (secondary N) is 3. The zero-order valence-corrected chi connectivity index (χ0v) is 34.3. The molecular weight excluding hydrogens is 747 g/mol. The van der Waals surface area contributed by atoms with Gasteiger partial charge in [0, 0.05) is 17.4 Å². The number of rotatable bonds is 5. The number of allylic oxidation sites excluding steroid dienone is 1. The minimum absolute atomic E-state index is 0.0381. The molecule has 3 fully saturated rings. The van der Waals surface area contributed by atoms with Gasteiger partial charge in [-0.3, -0.25) is 14.4 Å². The Hall–Kier alpha value is -4.64. The quantitative estimate of drug-likeness (QED) is 0.279. The van der Waals surface area contributed by atoms with Gasteiger partial charge in [-0.05, 0) is 116 Å². The number of hydrogen-bond donors (Lipinski definition) is 3. The van der Waals surface area contributed by atoms with Crippen molar-refractivity contribution in [3.05, 3.63) is 47.2 Å². The molecular formula is C43H53N5O8S. The van der Waals surface area contributed by atoms with E-state index in [2.05, 4.69) is 45.4 Å². The molecule has 4 amide bonds. The molecule has 3 N–H and O–H groups in total. The second-order valence-electron chi connectivity index (χ2n) is 18.2. The van der Waals surface area contributed by atoms with E-state index in [1.807, 2.05) is 13.0 Å². The molecule has 57 heavy (non-hydrogen) atoms. The van der Waals surface area contributed by atoms with Crippen molar-refractivity contribution in [1.82, 2.24) is 25.2 Å². The number of aryl methyl sites for hydroxylation is 2. The number of benzene rings is 1. The summed E-state index contributed by atoms with van der Waals surface area (Å²) in [6.07, 6.45) is 10.4. The molecule has 1 saturated heterocycles. The molecule has 304 valence electrons. The van der Waals surface area contributed by atoms with Gasteiger partial charge in [0.25, 0.3) is 5.91 Å². The highest BCUT2D eigenvalue weighted by Crippen LogP contribution is 2.47. The minimum atomic E-state index is -4.06. The average molecular weight is 800 g/mol. The van der Waals surface area contributed by atoms with Crippen LogP contribution >= 0.6 is 0 Å². The van der Waals surface area contributed by atoms with Gasteiger partial charge < -0.3 is 25.0 Å². The highest BCUT2D eigenvalue weighted by molar-refractivity contribution is 7.91. The maximum Gasteiger partial charge on any atom is 0.408 e. The molecule has 1 aromatic heterocycles. The SMILES string of the molecule is Cc1nc2ccc(C3CC3)cc2c2c1O[C@]1(CC2)C[C@H]2C(=O)N[C@]3(C(=O)NS(=O)(=O)C4(C)CC4)C#C[C@H]3/C=C\CCCCC[C@H](NC(=O)OC(C)(C)C)C(=O)N2C1. The molecule has 5 atom stereocenters. The van der Waals surface area contributed by atoms with Crippen LogP contribution in [0.1, 0.15) is 121 Å². The van der Waals surface area contributed by atoms with Crippen LogP contribution in [0.5, 0.6) is 5.75 Å². The Labute approximate surface area is 334 Å². The summed E-state index contributed by atoms with van der Waals surface area (Å²) in [4.78, 5) is 63.2. The van der Waals surface area contributed by atoms with Crippen molar-refractivity contribution < 1.29 is 37.1 Å². The summed E-state index contributed by atoms with van der Waals surface area (Å²) in [5.41, 5.74) is 0.257. The van der Waals surface area contributed by atoms with Gasteiger partial charge in [-0.1, -0.05) is 42.9 Å². The van der Waals surface area contributed by atoms with E-state index in [0.29, 0.717) is 62.3 Å². The number of ether oxygens (including phenoxy) is 2. The third-order valence-corrected chi connectivity index (χ3v) is 14.7. The van der Waals surface area contributed by atoms with Crippen LogP contribution in [0.4, 0.5) is 4.79 Å². The van der Waals surface area contributed by atoms with Crippen molar-refractivity contribution >= 4 is 44.7 Å². The molecule has 1 spiro atoms. The Morgan fingerprint density at radius 1 is 1.09 bits per heavy atom. The molecule has 0 radical (unpaired) electrons. The molecule has 3 aliphatic carbocycles. The number of carbonyl (C=O) groups is 4. The Morgan fingerprint density at radius 3 is 2.54 bits per heavy atom. The number of fused-ring (bicyclic) bond motifs is 5. The first-order valence-electron chi connectivity index (χ1n) is 20.4. The summed E-state index contributed by atoms with van der Waals surface area (Å²) in [6.45, 7) is 8.75. The monoisotopic (exact) mass is 799 g/mol. The number of aromatic nitrogens is 1. The number of sulfonamides is 1. The number of pyridine rings is 1. The number of hydrogen-bond acceptors (Lipinski definition) is 9. The fourth-order valence-electron chi connectivity index (χ4n) is 8.64. The molecule has 8 rings (SSSR count). The number of alkyl carbamates (subject to hydrolysis) is 1. The molecule has 1 aromatic carbocycles. The first-order chi connectivity index (χ1) is 26.9. The van der Waals surface area contributed by atoms with Gasteiger partial charge in [0.2, 0.25) is 21.8 Å². The molecule has 13 nitrogen and oxygen atoms in total. The molecule has 4 heterocycles. The van der Waals surface area contributed by atoms with E-state index in [1.165, 1.54) is 23.3 Å². The lowest BCUT2D eigenvalue weighted by atomic mass is 9.75. The fourth-order valence-corrected chi connectivity index (χ4v) is 9.93. The van der Waals surface area contributed by atoms with Gasteiger partial charge in [-0.2, -0.15) is 0 Å². The molecule has 3 aliphatic heterocycles. The lowest BCUT2D eigenvalue weighted by Gasteiger charge is -2.38. The van der Waals surface area contributed by atoms with Crippen molar-refractivity contribution in [2.75, 3.05) is 6.54 Å². The van der Waals surface area contributed by atoms with Crippen molar-refractivity contribution in [3.8, 4) is 17.6 Å². The maximum atomic E-state index is 14.8. The summed E-state index contributed by atoms with van der Waals surface area (Å²) < 4.78 is 40.3. The van der Waals surface area contributed by atoms with Crippen molar-refractivity contribution in [1.29, 1.82) is 0 Å². The van der Waals surface area contributed by atoms with Crippen LogP contribution in [0, 0.1) is 24.7 Å². The molecule has 0 unspecified atom stereocenters. The fraction of sp³-hybridized carbons (Fsp3) is 0.605. The van der Waals surface area contributed by atoms with E-state index in [-0.39, 0.29) is 13.0 Å². The summed E-state index contributed by atoms with van der Waals surface area (Å²) in [5, 5.41) is 6.70. The Morgan fingerprint density at radius 2 is 1.86 bits per heavy atom. The lowest BCUT2D eigenvalue weighted by molar-refractivity contribution is -0.142. The van der Waals surface area contributed by atoms with Gasteiger partial charge in [-0.15, -0.1) is 0 Å². The second-order valence-corrected chi connectivity index (χ2v) is 20.4. The number of nitrogens with zero attached hydrogens (tertiary/aromatic N) is 2. The van der Waals surface area contributed by atoms with Crippen LogP contribution < -0.4 is 20.1 Å². The van der Waals surface area contributed by atoms with Gasteiger partial charge in [0.1, 0.15) is 29.0 Å². The Bertz CT molecular complexity index is 2250. The number of amides is 4. The van der Waals surface area contributed by atoms with Crippen LogP contribution in [0.2, 0.25) is 0 Å². The summed E-state index contributed by atoms with van der Waals surface area (Å²) in [5.74, 6) is 4.12. The average Bonchev–Trinajstić information content (AvgIpc) is 4.08. The second kappa shape index (κ2) is 14.0. The molecule has 2 saturated carbocycles. The Balaban J connectivity index is 1.15. The summed E-state index contributed by atoms with van der Waals surface area (Å²) >= 11 is 0. The first kappa shape index (κ1) is 39.2. The van der Waals surface area contributed by atoms with E-state index in [0.717, 1.165) is 29.3 Å². The van der Waals surface area contributed by atoms with E-state index in [9.17, 15) is 27.6 Å². The van der Waals surface area contributed by atoms with E-state index in [4.69, 9.17) is 14.5 Å². The van der Waals surface area contributed by atoms with E-state index in [1.54, 1.807) is 33.8 Å². The van der Waals surface area contributed by atoms with Gasteiger partial charge in [0.15, 0.2) is 5.54 Å². The smallest absolute Gasteiger partial charge is 0.408 e. The highest BCUT2D eigenvalue weighted by Gasteiger charge is 2.58. The molecule has 14 heteroatoms. The van der Waals surface area contributed by atoms with Crippen molar-refractivity contribution in [2.24, 2.45) is 5.92 Å². The van der Waals surface area contributed by atoms with Crippen LogP contribution in [0.3, 0.4) is 0 Å². The highest BCUT2D eigenvalue weighted by atomic mass is 32.2. The summed E-state index contributed by atoms with van der Waals surface area (Å²) in [6, 6.07) is 4.30. The maximum absolute atomic E-state index is 14.8. The van der Waals surface area contributed by atoms with Crippen LogP contribution in [-0.4, -0.2) is 82.2 Å². The molecule has 6 aliphatic rings. The van der Waals surface area contributed by atoms with Crippen LogP contribution in [0.25, 0.3) is 10.9 Å². The molecule has 2 aromatic rings.